The SMILES string of the molecule is C[C@H](N)[C@@H](CC1CC1)Nc1nc(Nc2ccc3scnc3c2)c(C(N)=O)cc1F. The van der Waals surface area contributed by atoms with Crippen LogP contribution < -0.4 is 22.1 Å². The average Bonchev–Trinajstić information content (AvgIpc) is 3.37. The molecule has 1 fully saturated rings. The summed E-state index contributed by atoms with van der Waals surface area (Å²) in [4.78, 5) is 20.5. The lowest BCUT2D eigenvalue weighted by molar-refractivity contribution is 0.100. The van der Waals surface area contributed by atoms with Crippen LogP contribution in [0, 0.1) is 11.7 Å². The van der Waals surface area contributed by atoms with E-state index in [1.54, 1.807) is 5.51 Å². The smallest absolute Gasteiger partial charge is 0.252 e. The van der Waals surface area contributed by atoms with Crippen LogP contribution in [0.15, 0.2) is 29.8 Å². The highest BCUT2D eigenvalue weighted by molar-refractivity contribution is 7.16. The number of hydrogen-bond donors (Lipinski definition) is 4. The first-order chi connectivity index (χ1) is 13.9. The Hall–Kier alpha value is -2.78. The van der Waals surface area contributed by atoms with Gasteiger partial charge in [-0.3, -0.25) is 4.79 Å². The zero-order chi connectivity index (χ0) is 20.5. The summed E-state index contributed by atoms with van der Waals surface area (Å²) in [6, 6.07) is 6.44. The monoisotopic (exact) mass is 414 g/mol. The quantitative estimate of drug-likeness (QED) is 0.447. The number of pyridine rings is 1. The molecule has 2 atom stereocenters. The Morgan fingerprint density at radius 1 is 1.34 bits per heavy atom. The van der Waals surface area contributed by atoms with Gasteiger partial charge < -0.3 is 22.1 Å². The summed E-state index contributed by atoms with van der Waals surface area (Å²) >= 11 is 1.53. The zero-order valence-corrected chi connectivity index (χ0v) is 16.8. The number of amides is 1. The van der Waals surface area contributed by atoms with Crippen molar-refractivity contribution >= 4 is 44.8 Å². The summed E-state index contributed by atoms with van der Waals surface area (Å²) in [5.74, 6) is -0.544. The van der Waals surface area contributed by atoms with Gasteiger partial charge in [-0.1, -0.05) is 12.8 Å². The molecular weight excluding hydrogens is 391 g/mol. The molecule has 1 saturated carbocycles. The molecule has 3 aromatic rings. The highest BCUT2D eigenvalue weighted by atomic mass is 32.1. The number of anilines is 3. The van der Waals surface area contributed by atoms with Crippen LogP contribution in [0.3, 0.4) is 0 Å². The zero-order valence-electron chi connectivity index (χ0n) is 16.0. The first-order valence-electron chi connectivity index (χ1n) is 9.53. The van der Waals surface area contributed by atoms with Crippen LogP contribution in [-0.4, -0.2) is 28.0 Å². The molecule has 1 aliphatic carbocycles. The van der Waals surface area contributed by atoms with E-state index in [-0.39, 0.29) is 29.3 Å². The summed E-state index contributed by atoms with van der Waals surface area (Å²) in [5.41, 5.74) is 14.8. The number of aromatic nitrogens is 2. The van der Waals surface area contributed by atoms with E-state index >= 15 is 0 Å². The molecule has 4 rings (SSSR count). The summed E-state index contributed by atoms with van der Waals surface area (Å²) < 4.78 is 15.7. The van der Waals surface area contributed by atoms with Crippen molar-refractivity contribution in [1.82, 2.24) is 9.97 Å². The highest BCUT2D eigenvalue weighted by Gasteiger charge is 2.28. The molecule has 0 radical (unpaired) electrons. The van der Waals surface area contributed by atoms with Crippen LogP contribution in [0.1, 0.15) is 36.5 Å². The lowest BCUT2D eigenvalue weighted by Gasteiger charge is -2.23. The van der Waals surface area contributed by atoms with Crippen molar-refractivity contribution in [3.05, 3.63) is 41.2 Å². The van der Waals surface area contributed by atoms with Gasteiger partial charge in [-0.15, -0.1) is 11.3 Å². The predicted octanol–water partition coefficient (Wildman–Crippen LogP) is 3.60. The Kier molecular flexibility index (Phi) is 5.33. The number of hydrogen-bond acceptors (Lipinski definition) is 7. The molecule has 6 N–H and O–H groups in total. The largest absolute Gasteiger partial charge is 0.365 e. The number of carbonyl (C=O) groups excluding carboxylic acids is 1. The number of rotatable bonds is 8. The third kappa shape index (κ3) is 4.46. The fourth-order valence-corrected chi connectivity index (χ4v) is 3.90. The van der Waals surface area contributed by atoms with Gasteiger partial charge in [0.05, 0.1) is 21.3 Å². The summed E-state index contributed by atoms with van der Waals surface area (Å²) in [6.45, 7) is 1.89. The summed E-state index contributed by atoms with van der Waals surface area (Å²) in [5, 5.41) is 6.20. The van der Waals surface area contributed by atoms with E-state index in [0.717, 1.165) is 22.7 Å². The van der Waals surface area contributed by atoms with Crippen molar-refractivity contribution in [1.29, 1.82) is 0 Å². The number of nitrogens with one attached hydrogen (secondary N) is 2. The van der Waals surface area contributed by atoms with Gasteiger partial charge in [-0.05, 0) is 43.5 Å². The van der Waals surface area contributed by atoms with E-state index in [9.17, 15) is 9.18 Å². The van der Waals surface area contributed by atoms with Crippen molar-refractivity contribution in [3.8, 4) is 0 Å². The molecule has 1 aromatic carbocycles. The van der Waals surface area contributed by atoms with Gasteiger partial charge >= 0.3 is 0 Å². The fourth-order valence-electron chi connectivity index (χ4n) is 3.24. The minimum atomic E-state index is -0.762. The van der Waals surface area contributed by atoms with E-state index < -0.39 is 11.7 Å². The molecule has 7 nitrogen and oxygen atoms in total. The molecule has 0 spiro atoms. The molecule has 9 heteroatoms. The van der Waals surface area contributed by atoms with Crippen LogP contribution in [0.5, 0.6) is 0 Å². The second kappa shape index (κ2) is 7.92. The second-order valence-electron chi connectivity index (χ2n) is 7.53. The Balaban J connectivity index is 1.65. The number of thiazole rings is 1. The Bertz CT molecular complexity index is 1050. The number of nitrogens with two attached hydrogens (primary N) is 2. The molecule has 0 aliphatic heterocycles. The lowest BCUT2D eigenvalue weighted by atomic mass is 10.0. The normalized spacial score (nSPS) is 15.8. The Morgan fingerprint density at radius 2 is 2.14 bits per heavy atom. The number of benzene rings is 1. The van der Waals surface area contributed by atoms with Crippen molar-refractivity contribution < 1.29 is 9.18 Å². The molecule has 29 heavy (non-hydrogen) atoms. The van der Waals surface area contributed by atoms with Crippen LogP contribution in [0.2, 0.25) is 0 Å². The van der Waals surface area contributed by atoms with E-state index in [1.165, 1.54) is 24.2 Å². The van der Waals surface area contributed by atoms with E-state index in [2.05, 4.69) is 20.6 Å². The molecule has 0 bridgehead atoms. The third-order valence-corrected chi connectivity index (χ3v) is 5.89. The molecule has 1 aliphatic rings. The molecule has 1 amide bonds. The van der Waals surface area contributed by atoms with Crippen molar-refractivity contribution in [2.45, 2.75) is 38.3 Å². The minimum absolute atomic E-state index is 0.0223. The molecule has 2 aromatic heterocycles. The average molecular weight is 415 g/mol. The standard InChI is InChI=1S/C20H23FN6OS/c1-10(22)15(6-11-2-3-11)26-20-14(21)8-13(18(23)28)19(27-20)25-12-4-5-17-16(7-12)24-9-29-17/h4-5,7-11,15H,2-3,6,22H2,1H3,(H2,23,28)(H2,25,26,27)/t10-,15+/m0/s1. The maximum Gasteiger partial charge on any atom is 0.252 e. The number of nitrogens with zero attached hydrogens (tertiary/aromatic N) is 2. The van der Waals surface area contributed by atoms with Crippen LogP contribution >= 0.6 is 11.3 Å². The molecular formula is C20H23FN6OS. The minimum Gasteiger partial charge on any atom is -0.365 e. The fraction of sp³-hybridized carbons (Fsp3) is 0.350. The van der Waals surface area contributed by atoms with Crippen LogP contribution in [-0.2, 0) is 0 Å². The van der Waals surface area contributed by atoms with E-state index in [1.807, 2.05) is 25.1 Å². The maximum absolute atomic E-state index is 14.7. The molecule has 2 heterocycles. The highest BCUT2D eigenvalue weighted by Crippen LogP contribution is 2.35. The van der Waals surface area contributed by atoms with Crippen LogP contribution in [0.25, 0.3) is 10.2 Å². The summed E-state index contributed by atoms with van der Waals surface area (Å²) in [6.07, 6.45) is 3.21. The van der Waals surface area contributed by atoms with Gasteiger partial charge in [0.2, 0.25) is 0 Å². The Morgan fingerprint density at radius 3 is 2.83 bits per heavy atom. The van der Waals surface area contributed by atoms with Crippen LogP contribution in [0.4, 0.5) is 21.7 Å². The summed E-state index contributed by atoms with van der Waals surface area (Å²) in [7, 11) is 0. The van der Waals surface area contributed by atoms with Gasteiger partial charge in [0, 0.05) is 17.8 Å². The van der Waals surface area contributed by atoms with E-state index in [0.29, 0.717) is 11.6 Å². The van der Waals surface area contributed by atoms with Gasteiger partial charge in [0.15, 0.2) is 11.6 Å². The topological polar surface area (TPSA) is 119 Å². The first-order valence-corrected chi connectivity index (χ1v) is 10.4. The first kappa shape index (κ1) is 19.5. The third-order valence-electron chi connectivity index (χ3n) is 5.08. The Labute approximate surface area is 171 Å². The lowest BCUT2D eigenvalue weighted by Crippen LogP contribution is -2.39. The number of halogens is 1. The van der Waals surface area contributed by atoms with E-state index in [4.69, 9.17) is 11.5 Å². The van der Waals surface area contributed by atoms with Gasteiger partial charge in [-0.25, -0.2) is 14.4 Å². The van der Waals surface area contributed by atoms with Crippen molar-refractivity contribution in [2.24, 2.45) is 17.4 Å². The van der Waals surface area contributed by atoms with Gasteiger partial charge in [-0.2, -0.15) is 0 Å². The molecule has 152 valence electrons. The maximum atomic E-state index is 14.7. The van der Waals surface area contributed by atoms with Crippen molar-refractivity contribution in [2.75, 3.05) is 10.6 Å². The number of carbonyl (C=O) groups is 1. The predicted molar refractivity (Wildman–Crippen MR) is 114 cm³/mol. The van der Waals surface area contributed by atoms with Gasteiger partial charge in [0.1, 0.15) is 5.82 Å². The van der Waals surface area contributed by atoms with Crippen molar-refractivity contribution in [3.63, 3.8) is 0 Å². The second-order valence-corrected chi connectivity index (χ2v) is 8.41. The molecule has 0 unspecified atom stereocenters. The number of primary amides is 1. The number of fused-ring (bicyclic) bond motifs is 1. The molecule has 0 saturated heterocycles. The van der Waals surface area contributed by atoms with Gasteiger partial charge in [0.25, 0.3) is 5.91 Å².